The maximum absolute atomic E-state index is 11.6. The van der Waals surface area contributed by atoms with Crippen LogP contribution in [-0.2, 0) is 0 Å². The Balaban J connectivity index is 1.61. The molecule has 0 aromatic heterocycles. The van der Waals surface area contributed by atoms with E-state index in [-0.39, 0.29) is 10.8 Å². The molecule has 0 aromatic rings. The van der Waals surface area contributed by atoms with Crippen LogP contribution in [0, 0.1) is 46.3 Å². The van der Waals surface area contributed by atoms with Crippen molar-refractivity contribution < 1.29 is 15.3 Å². The Hall–Kier alpha value is -0.640. The molecule has 4 aliphatic rings. The van der Waals surface area contributed by atoms with Crippen LogP contribution in [0.15, 0.2) is 23.8 Å². The second kappa shape index (κ2) is 7.99. The molecular formula is C28H46O3. The van der Waals surface area contributed by atoms with Gasteiger partial charge in [-0.3, -0.25) is 0 Å². The van der Waals surface area contributed by atoms with Gasteiger partial charge in [-0.2, -0.15) is 0 Å². The molecule has 0 spiro atoms. The first kappa shape index (κ1) is 23.5. The highest BCUT2D eigenvalue weighted by molar-refractivity contribution is 5.33. The summed E-state index contributed by atoms with van der Waals surface area (Å²) in [6.45, 7) is 14.0. The predicted octanol–water partition coefficient (Wildman–Crippen LogP) is 5.50. The van der Waals surface area contributed by atoms with E-state index in [1.54, 1.807) is 0 Å². The van der Waals surface area contributed by atoms with Gasteiger partial charge in [-0.25, -0.2) is 0 Å². The quantitative estimate of drug-likeness (QED) is 0.516. The summed E-state index contributed by atoms with van der Waals surface area (Å²) in [5.41, 5.74) is 0.160. The van der Waals surface area contributed by atoms with Crippen LogP contribution < -0.4 is 0 Å². The number of hydrogen-bond acceptors (Lipinski definition) is 3. The molecule has 4 rings (SSSR count). The molecular weight excluding hydrogens is 384 g/mol. The van der Waals surface area contributed by atoms with Gasteiger partial charge in [0.2, 0.25) is 0 Å². The summed E-state index contributed by atoms with van der Waals surface area (Å²) in [6, 6.07) is 0. The SMILES string of the molecule is CC(C)[C@@H](C)C=C[C@@H](C)[C@H]1CC[C@H]2C3=CC(O)[C@@]4(O)C[C@@H](O)CC[C@]4(C)[C@H]3CC[C@]12C. The Kier molecular flexibility index (Phi) is 6.06. The molecule has 0 aromatic carbocycles. The normalized spacial score (nSPS) is 49.4. The highest BCUT2D eigenvalue weighted by atomic mass is 16.3. The van der Waals surface area contributed by atoms with Crippen LogP contribution in [0.5, 0.6) is 0 Å². The van der Waals surface area contributed by atoms with Crippen LogP contribution in [0.2, 0.25) is 0 Å². The number of rotatable bonds is 4. The first-order valence-corrected chi connectivity index (χ1v) is 12.9. The summed E-state index contributed by atoms with van der Waals surface area (Å²) in [7, 11) is 0. The van der Waals surface area contributed by atoms with Gasteiger partial charge in [0.05, 0.1) is 6.10 Å². The van der Waals surface area contributed by atoms with Crippen LogP contribution in [0.1, 0.15) is 86.5 Å². The van der Waals surface area contributed by atoms with E-state index < -0.39 is 17.8 Å². The first-order chi connectivity index (χ1) is 14.4. The number of allylic oxidation sites excluding steroid dienone is 3. The Morgan fingerprint density at radius 1 is 0.935 bits per heavy atom. The van der Waals surface area contributed by atoms with Gasteiger partial charge in [-0.1, -0.05) is 65.3 Å². The smallest absolute Gasteiger partial charge is 0.102 e. The fourth-order valence-electron chi connectivity index (χ4n) is 8.16. The molecule has 10 atom stereocenters. The molecule has 1 unspecified atom stereocenters. The van der Waals surface area contributed by atoms with Crippen LogP contribution in [0.25, 0.3) is 0 Å². The van der Waals surface area contributed by atoms with Gasteiger partial charge in [0, 0.05) is 11.8 Å². The highest BCUT2D eigenvalue weighted by Gasteiger charge is 2.64. The van der Waals surface area contributed by atoms with Gasteiger partial charge in [-0.15, -0.1) is 0 Å². The average molecular weight is 431 g/mol. The van der Waals surface area contributed by atoms with E-state index in [0.717, 1.165) is 19.3 Å². The molecule has 31 heavy (non-hydrogen) atoms. The van der Waals surface area contributed by atoms with Crippen molar-refractivity contribution in [3.8, 4) is 0 Å². The van der Waals surface area contributed by atoms with Crippen molar-refractivity contribution in [1.29, 1.82) is 0 Å². The maximum Gasteiger partial charge on any atom is 0.102 e. The molecule has 0 heterocycles. The predicted molar refractivity (Wildman–Crippen MR) is 126 cm³/mol. The molecule has 0 aliphatic heterocycles. The summed E-state index contributed by atoms with van der Waals surface area (Å²) in [5.74, 6) is 3.37. The Morgan fingerprint density at radius 2 is 1.65 bits per heavy atom. The van der Waals surface area contributed by atoms with Crippen LogP contribution in [0.4, 0.5) is 0 Å². The molecule has 0 saturated heterocycles. The van der Waals surface area contributed by atoms with Gasteiger partial charge in [0.1, 0.15) is 11.7 Å². The van der Waals surface area contributed by atoms with Crippen molar-refractivity contribution in [2.45, 2.75) is 104 Å². The molecule has 0 amide bonds. The minimum atomic E-state index is -1.20. The molecule has 3 N–H and O–H groups in total. The van der Waals surface area contributed by atoms with E-state index in [1.165, 1.54) is 24.8 Å². The molecule has 3 nitrogen and oxygen atoms in total. The Bertz CT molecular complexity index is 741. The van der Waals surface area contributed by atoms with Crippen LogP contribution in [-0.4, -0.2) is 33.1 Å². The Labute approximate surface area is 190 Å². The van der Waals surface area contributed by atoms with Crippen molar-refractivity contribution in [3.05, 3.63) is 23.8 Å². The second-order valence-electron chi connectivity index (χ2n) is 12.5. The van der Waals surface area contributed by atoms with E-state index in [9.17, 15) is 15.3 Å². The first-order valence-electron chi connectivity index (χ1n) is 12.9. The lowest BCUT2D eigenvalue weighted by atomic mass is 9.45. The average Bonchev–Trinajstić information content (AvgIpc) is 3.05. The third-order valence-corrected chi connectivity index (χ3v) is 10.7. The summed E-state index contributed by atoms with van der Waals surface area (Å²) < 4.78 is 0. The van der Waals surface area contributed by atoms with Crippen LogP contribution >= 0.6 is 0 Å². The molecule has 0 bridgehead atoms. The summed E-state index contributed by atoms with van der Waals surface area (Å²) in [6.07, 6.45) is 12.1. The van der Waals surface area contributed by atoms with Crippen molar-refractivity contribution in [1.82, 2.24) is 0 Å². The minimum absolute atomic E-state index is 0.271. The lowest BCUT2D eigenvalue weighted by Gasteiger charge is -2.62. The van der Waals surface area contributed by atoms with Crippen molar-refractivity contribution in [3.63, 3.8) is 0 Å². The summed E-state index contributed by atoms with van der Waals surface area (Å²) in [4.78, 5) is 0. The number of aliphatic hydroxyl groups excluding tert-OH is 2. The number of hydrogen-bond donors (Lipinski definition) is 3. The number of fused-ring (bicyclic) bond motifs is 5. The lowest BCUT2D eigenvalue weighted by molar-refractivity contribution is -0.210. The largest absolute Gasteiger partial charge is 0.393 e. The third-order valence-electron chi connectivity index (χ3n) is 10.7. The van der Waals surface area contributed by atoms with Crippen LogP contribution in [0.3, 0.4) is 0 Å². The molecule has 3 heteroatoms. The molecule has 3 fully saturated rings. The van der Waals surface area contributed by atoms with E-state index in [4.69, 9.17) is 0 Å². The zero-order valence-electron chi connectivity index (χ0n) is 20.6. The fourth-order valence-corrected chi connectivity index (χ4v) is 8.16. The van der Waals surface area contributed by atoms with Gasteiger partial charge in [-0.05, 0) is 79.4 Å². The van der Waals surface area contributed by atoms with Crippen molar-refractivity contribution >= 4 is 0 Å². The standard InChI is InChI=1S/C28H46O3/c1-17(2)18(3)7-8-19(4)22-9-10-23-21-15-25(30)28(31)16-20(29)11-14-27(28,6)24(21)12-13-26(22,23)5/h7-8,15,17-20,22-25,29-31H,9-14,16H2,1-6H3/t18-,19+,20-,22+,23-,24-,25?,26+,27+,28-/m0/s1. The topological polar surface area (TPSA) is 60.7 Å². The minimum Gasteiger partial charge on any atom is -0.393 e. The van der Waals surface area contributed by atoms with E-state index in [1.807, 2.05) is 6.08 Å². The fraction of sp³-hybridized carbons (Fsp3) is 0.857. The monoisotopic (exact) mass is 430 g/mol. The molecule has 0 radical (unpaired) electrons. The molecule has 4 aliphatic carbocycles. The highest BCUT2D eigenvalue weighted by Crippen LogP contribution is 2.67. The van der Waals surface area contributed by atoms with E-state index in [0.29, 0.717) is 41.9 Å². The second-order valence-corrected chi connectivity index (χ2v) is 12.5. The van der Waals surface area contributed by atoms with Gasteiger partial charge in [0.25, 0.3) is 0 Å². The molecule has 176 valence electrons. The third kappa shape index (κ3) is 3.49. The maximum atomic E-state index is 11.6. The Morgan fingerprint density at radius 3 is 2.32 bits per heavy atom. The zero-order chi connectivity index (χ0) is 22.8. The van der Waals surface area contributed by atoms with Crippen molar-refractivity contribution in [2.24, 2.45) is 46.3 Å². The van der Waals surface area contributed by atoms with Crippen molar-refractivity contribution in [2.75, 3.05) is 0 Å². The molecule has 3 saturated carbocycles. The van der Waals surface area contributed by atoms with E-state index in [2.05, 4.69) is 53.7 Å². The summed E-state index contributed by atoms with van der Waals surface area (Å²) in [5, 5.41) is 32.9. The zero-order valence-corrected chi connectivity index (χ0v) is 20.6. The summed E-state index contributed by atoms with van der Waals surface area (Å²) >= 11 is 0. The lowest BCUT2D eigenvalue weighted by Crippen LogP contribution is -2.65. The van der Waals surface area contributed by atoms with Gasteiger partial charge < -0.3 is 15.3 Å². The van der Waals surface area contributed by atoms with Gasteiger partial charge >= 0.3 is 0 Å². The van der Waals surface area contributed by atoms with Gasteiger partial charge in [0.15, 0.2) is 0 Å². The van der Waals surface area contributed by atoms with E-state index >= 15 is 0 Å². The number of aliphatic hydroxyl groups is 3.